The summed E-state index contributed by atoms with van der Waals surface area (Å²) < 4.78 is 15.3. The van der Waals surface area contributed by atoms with Crippen LogP contribution in [0.25, 0.3) is 108 Å². The van der Waals surface area contributed by atoms with Crippen LogP contribution in [0.5, 0.6) is 0 Å². The van der Waals surface area contributed by atoms with Crippen LogP contribution in [0.4, 0.5) is 22.7 Å². The van der Waals surface area contributed by atoms with E-state index in [1.165, 1.54) is 5.57 Å². The zero-order valence-electron chi connectivity index (χ0n) is 30.8. The number of para-hydroxylation sites is 3. The van der Waals surface area contributed by atoms with Crippen LogP contribution in [0.15, 0.2) is 161 Å². The van der Waals surface area contributed by atoms with Gasteiger partial charge in [0.1, 0.15) is 22.3 Å². The van der Waals surface area contributed by atoms with Crippen LogP contribution < -0.4 is 4.90 Å². The molecule has 2 aliphatic rings. The first-order valence-electron chi connectivity index (χ1n) is 19.4. The van der Waals surface area contributed by atoms with Crippen molar-refractivity contribution >= 4 is 116 Å². The van der Waals surface area contributed by atoms with E-state index in [-0.39, 0.29) is 6.04 Å². The zero-order chi connectivity index (χ0) is 38.2. The minimum absolute atomic E-state index is 0.0722. The normalized spacial score (nSPS) is 15.0. The second kappa shape index (κ2) is 11.3. The van der Waals surface area contributed by atoms with Crippen molar-refractivity contribution in [3.05, 3.63) is 180 Å². The zero-order valence-corrected chi connectivity index (χ0v) is 30.8. The number of rotatable bonds is 2. The number of furan rings is 2. The minimum atomic E-state index is 0.0722. The van der Waals surface area contributed by atoms with E-state index in [0.717, 1.165) is 116 Å². The first kappa shape index (κ1) is 31.2. The van der Waals surface area contributed by atoms with Gasteiger partial charge in [-0.1, -0.05) is 85.0 Å². The van der Waals surface area contributed by atoms with Gasteiger partial charge >= 0.3 is 0 Å². The van der Waals surface area contributed by atoms with Crippen LogP contribution in [-0.4, -0.2) is 10.6 Å². The molecule has 6 heteroatoms. The summed E-state index contributed by atoms with van der Waals surface area (Å²) in [7, 11) is 0. The number of aromatic nitrogens is 1. The van der Waals surface area contributed by atoms with E-state index in [1.807, 2.05) is 30.3 Å². The molecule has 6 nitrogen and oxygen atoms in total. The second-order valence-corrected chi connectivity index (χ2v) is 15.3. The molecule has 3 aromatic heterocycles. The van der Waals surface area contributed by atoms with Gasteiger partial charge < -0.3 is 18.3 Å². The third kappa shape index (κ3) is 3.93. The molecule has 1 aliphatic carbocycles. The first-order chi connectivity index (χ1) is 28.7. The molecule has 0 fully saturated rings. The predicted molar refractivity (Wildman–Crippen MR) is 237 cm³/mol. The SMILES string of the molecule is [C-]#[N+]c1c([N+]#[C-])c2cc(-n3c4ccccc4c4c5oc6ccccc6c5ccc43)ccc2c2ccc(N3c4ccc5c(oc6ccccc65)c4C4=CC=CCC43)cc12. The van der Waals surface area contributed by atoms with E-state index >= 15 is 0 Å². The molecule has 268 valence electrons. The van der Waals surface area contributed by atoms with Crippen molar-refractivity contribution < 1.29 is 8.83 Å². The fourth-order valence-electron chi connectivity index (χ4n) is 10.1. The highest BCUT2D eigenvalue weighted by Crippen LogP contribution is 2.53. The number of hydrogen-bond acceptors (Lipinski definition) is 3. The van der Waals surface area contributed by atoms with Crippen molar-refractivity contribution in [2.75, 3.05) is 4.90 Å². The quantitative estimate of drug-likeness (QED) is 0.131. The molecule has 8 aromatic carbocycles. The number of fused-ring (bicyclic) bond motifs is 17. The standard InChI is InChI=1S/C52H28N4O2/c1-53-49-39-27-29(55-41-15-7-3-13-37(41)47-43(55)25-23-35-33-11-5-9-17-45(33)57-51(35)47)19-21-31(39)32-22-20-30(28-40(32)50(49)54-2)56-42-16-8-4-14-38(42)48-44(56)26-24-36-34-12-6-10-18-46(34)58-52(36)48/h3-15,17-28,42H,16H2. The summed E-state index contributed by atoms with van der Waals surface area (Å²) in [6.45, 7) is 17.0. The van der Waals surface area contributed by atoms with Gasteiger partial charge in [0, 0.05) is 43.9 Å². The maximum absolute atomic E-state index is 8.49. The molecule has 1 unspecified atom stereocenters. The Morgan fingerprint density at radius 2 is 1.14 bits per heavy atom. The van der Waals surface area contributed by atoms with Crippen molar-refractivity contribution in [1.82, 2.24) is 4.57 Å². The van der Waals surface area contributed by atoms with Gasteiger partial charge in [0.05, 0.1) is 41.3 Å². The third-order valence-electron chi connectivity index (χ3n) is 12.5. The molecule has 0 bridgehead atoms. The highest BCUT2D eigenvalue weighted by molar-refractivity contribution is 6.25. The Balaban J connectivity index is 1.02. The van der Waals surface area contributed by atoms with E-state index in [9.17, 15) is 0 Å². The van der Waals surface area contributed by atoms with Crippen LogP contribution in [0.3, 0.4) is 0 Å². The second-order valence-electron chi connectivity index (χ2n) is 15.3. The van der Waals surface area contributed by atoms with E-state index in [4.69, 9.17) is 22.0 Å². The lowest BCUT2D eigenvalue weighted by Gasteiger charge is -2.29. The maximum atomic E-state index is 8.49. The molecule has 0 saturated heterocycles. The highest BCUT2D eigenvalue weighted by Gasteiger charge is 2.38. The number of nitrogens with zero attached hydrogens (tertiary/aromatic N) is 4. The number of allylic oxidation sites excluding steroid dienone is 2. The van der Waals surface area contributed by atoms with Crippen molar-refractivity contribution in [2.24, 2.45) is 0 Å². The molecule has 1 atom stereocenters. The van der Waals surface area contributed by atoms with E-state index in [2.05, 4.69) is 141 Å². The monoisotopic (exact) mass is 740 g/mol. The van der Waals surface area contributed by atoms with Gasteiger partial charge in [0.15, 0.2) is 0 Å². The van der Waals surface area contributed by atoms with Crippen molar-refractivity contribution in [3.8, 4) is 5.69 Å². The van der Waals surface area contributed by atoms with Crippen LogP contribution in [-0.2, 0) is 0 Å². The van der Waals surface area contributed by atoms with E-state index in [0.29, 0.717) is 11.4 Å². The average molecular weight is 741 g/mol. The number of anilines is 2. The van der Waals surface area contributed by atoms with Crippen molar-refractivity contribution in [1.29, 1.82) is 0 Å². The Morgan fingerprint density at radius 3 is 1.88 bits per heavy atom. The summed E-state index contributed by atoms with van der Waals surface area (Å²) in [6.07, 6.45) is 7.41. The predicted octanol–water partition coefficient (Wildman–Crippen LogP) is 14.9. The van der Waals surface area contributed by atoms with Crippen LogP contribution in [0.2, 0.25) is 0 Å². The molecule has 0 saturated carbocycles. The van der Waals surface area contributed by atoms with Crippen LogP contribution in [0.1, 0.15) is 12.0 Å². The lowest BCUT2D eigenvalue weighted by molar-refractivity contribution is 0.668. The van der Waals surface area contributed by atoms with Gasteiger partial charge in [-0.05, 0) is 100 Å². The van der Waals surface area contributed by atoms with E-state index < -0.39 is 0 Å². The summed E-state index contributed by atoms with van der Waals surface area (Å²) in [5, 5.41) is 9.96. The minimum Gasteiger partial charge on any atom is -0.455 e. The largest absolute Gasteiger partial charge is 0.455 e. The molecule has 0 amide bonds. The molecular weight excluding hydrogens is 713 g/mol. The van der Waals surface area contributed by atoms with Gasteiger partial charge in [0.2, 0.25) is 11.4 Å². The Labute approximate surface area is 331 Å². The molecule has 0 radical (unpaired) electrons. The molecule has 13 rings (SSSR count). The average Bonchev–Trinajstić information content (AvgIpc) is 4.03. The van der Waals surface area contributed by atoms with Crippen LogP contribution in [0, 0.1) is 13.1 Å². The number of hydrogen-bond donors (Lipinski definition) is 0. The topological polar surface area (TPSA) is 43.2 Å². The molecule has 1 aliphatic heterocycles. The molecule has 11 aromatic rings. The smallest absolute Gasteiger partial charge is 0.202 e. The van der Waals surface area contributed by atoms with Crippen LogP contribution >= 0.6 is 0 Å². The molecular formula is C52H28N4O2. The van der Waals surface area contributed by atoms with Gasteiger partial charge in [-0.2, -0.15) is 0 Å². The lowest BCUT2D eigenvalue weighted by Crippen LogP contribution is -2.27. The molecule has 4 heterocycles. The van der Waals surface area contributed by atoms with Crippen molar-refractivity contribution in [3.63, 3.8) is 0 Å². The lowest BCUT2D eigenvalue weighted by atomic mass is 9.94. The summed E-state index contributed by atoms with van der Waals surface area (Å²) in [5.41, 5.74) is 11.6. The Hall–Kier alpha value is -8.06. The van der Waals surface area contributed by atoms with Crippen molar-refractivity contribution in [2.45, 2.75) is 12.5 Å². The summed E-state index contributed by atoms with van der Waals surface area (Å²) >= 11 is 0. The Bertz CT molecular complexity index is 3820. The summed E-state index contributed by atoms with van der Waals surface area (Å²) in [4.78, 5) is 10.6. The van der Waals surface area contributed by atoms with Gasteiger partial charge in [-0.3, -0.25) is 0 Å². The number of benzene rings is 8. The first-order valence-corrected chi connectivity index (χ1v) is 19.4. The molecule has 0 N–H and O–H groups in total. The highest BCUT2D eigenvalue weighted by atomic mass is 16.3. The van der Waals surface area contributed by atoms with Gasteiger partial charge in [-0.25, -0.2) is 9.69 Å². The fourth-order valence-corrected chi connectivity index (χ4v) is 10.1. The van der Waals surface area contributed by atoms with Gasteiger partial charge in [0.25, 0.3) is 0 Å². The fraction of sp³-hybridized carbons (Fsp3) is 0.0385. The Kier molecular flexibility index (Phi) is 6.05. The maximum Gasteiger partial charge on any atom is 0.202 e. The molecule has 58 heavy (non-hydrogen) atoms. The third-order valence-corrected chi connectivity index (χ3v) is 12.5. The Morgan fingerprint density at radius 1 is 0.534 bits per heavy atom. The van der Waals surface area contributed by atoms with E-state index in [1.54, 1.807) is 0 Å². The summed E-state index contributed by atoms with van der Waals surface area (Å²) in [6, 6.07) is 46.3. The molecule has 0 spiro atoms. The van der Waals surface area contributed by atoms with Gasteiger partial charge in [-0.15, -0.1) is 0 Å². The summed E-state index contributed by atoms with van der Waals surface area (Å²) in [5.74, 6) is 0.